The molecule has 0 bridgehead atoms. The Labute approximate surface area is 410 Å². The van der Waals surface area contributed by atoms with Gasteiger partial charge in [-0.1, -0.05) is 219 Å². The summed E-state index contributed by atoms with van der Waals surface area (Å²) in [6.45, 7) is 0. The van der Waals surface area contributed by atoms with E-state index in [2.05, 4.69) is 258 Å². The van der Waals surface area contributed by atoms with Crippen molar-refractivity contribution in [1.82, 2.24) is 4.57 Å². The number of rotatable bonds is 9. The van der Waals surface area contributed by atoms with E-state index in [0.717, 1.165) is 22.7 Å². The summed E-state index contributed by atoms with van der Waals surface area (Å²) in [4.78, 5) is 2.52. The van der Waals surface area contributed by atoms with Gasteiger partial charge in [0.15, 0.2) is 0 Å². The van der Waals surface area contributed by atoms with E-state index in [-0.39, 0.29) is 0 Å². The molecule has 1 fully saturated rings. The van der Waals surface area contributed by atoms with Gasteiger partial charge in [0.2, 0.25) is 0 Å². The van der Waals surface area contributed by atoms with E-state index in [4.69, 9.17) is 0 Å². The summed E-state index contributed by atoms with van der Waals surface area (Å²) in [5.41, 5.74) is 18.1. The molecule has 0 atom stereocenters. The summed E-state index contributed by atoms with van der Waals surface area (Å²) in [5.74, 6) is 0.565. The van der Waals surface area contributed by atoms with Crippen molar-refractivity contribution in [1.29, 1.82) is 0 Å². The Morgan fingerprint density at radius 2 is 0.829 bits per heavy atom. The SMILES string of the molecule is c1ccc(-n2c3ccccc3c3c(-c4ccccc4N(c4ccc(-c5ccc(-c6cccc7ccccc67)cc5)cc4)c4ccccc4-c4cccc5cccc(C6CCCCC6)c45)cccc32)cc1. The lowest BCUT2D eigenvalue weighted by atomic mass is 9.80. The van der Waals surface area contributed by atoms with Crippen molar-refractivity contribution in [2.45, 2.75) is 38.0 Å². The maximum absolute atomic E-state index is 2.52. The first-order valence-electron chi connectivity index (χ1n) is 25.0. The van der Waals surface area contributed by atoms with Crippen LogP contribution >= 0.6 is 0 Å². The zero-order chi connectivity index (χ0) is 46.4. The standard InChI is InChI=1S/C68H52N2/c1-3-19-50(20-4-1)57-32-16-23-52-24-17-33-60(67(52)57)58-28-9-12-35-63(58)69(54-45-43-48(44-46-54)47-39-41-51(42-40-47)56-31-15-22-49-21-7-8-27-55(49)56)64-36-13-10-29-59(64)61-34-18-38-66-68(61)62-30-11-14-37-65(62)70(66)53-25-5-2-6-26-53/h2,5-18,21-46,50H,1,3-4,19-20H2. The summed E-state index contributed by atoms with van der Waals surface area (Å²) >= 11 is 0. The van der Waals surface area contributed by atoms with E-state index in [9.17, 15) is 0 Å². The number of aromatic nitrogens is 1. The monoisotopic (exact) mass is 896 g/mol. The number of para-hydroxylation sites is 4. The number of benzene rings is 11. The fourth-order valence-electron chi connectivity index (χ4n) is 11.8. The van der Waals surface area contributed by atoms with Gasteiger partial charge in [0.1, 0.15) is 0 Å². The molecule has 11 aromatic carbocycles. The minimum absolute atomic E-state index is 0.565. The quantitative estimate of drug-likeness (QED) is 0.140. The van der Waals surface area contributed by atoms with Gasteiger partial charge in [0.25, 0.3) is 0 Å². The van der Waals surface area contributed by atoms with Gasteiger partial charge in [-0.15, -0.1) is 0 Å². The van der Waals surface area contributed by atoms with Crippen LogP contribution in [0.3, 0.4) is 0 Å². The average molecular weight is 897 g/mol. The van der Waals surface area contributed by atoms with E-state index in [1.165, 1.54) is 126 Å². The number of nitrogens with zero attached hydrogens (tertiary/aromatic N) is 2. The van der Waals surface area contributed by atoms with Gasteiger partial charge in [-0.3, -0.25) is 0 Å². The highest BCUT2D eigenvalue weighted by Gasteiger charge is 2.25. The Bertz CT molecular complexity index is 3840. The number of anilines is 3. The summed E-state index contributed by atoms with van der Waals surface area (Å²) in [6.07, 6.45) is 6.43. The van der Waals surface area contributed by atoms with Crippen LogP contribution in [0, 0.1) is 0 Å². The number of hydrogen-bond acceptors (Lipinski definition) is 1. The molecule has 70 heavy (non-hydrogen) atoms. The normalized spacial score (nSPS) is 13.1. The lowest BCUT2D eigenvalue weighted by molar-refractivity contribution is 0.445. The molecule has 1 saturated carbocycles. The second kappa shape index (κ2) is 17.9. The fourth-order valence-corrected chi connectivity index (χ4v) is 11.8. The van der Waals surface area contributed by atoms with Crippen LogP contribution in [-0.4, -0.2) is 4.57 Å². The Balaban J connectivity index is 0.998. The van der Waals surface area contributed by atoms with Gasteiger partial charge in [-0.05, 0) is 128 Å². The molecule has 0 aliphatic heterocycles. The molecule has 1 aromatic heterocycles. The molecule has 0 N–H and O–H groups in total. The molecule has 0 spiro atoms. The average Bonchev–Trinajstić information content (AvgIpc) is 3.78. The lowest BCUT2D eigenvalue weighted by Crippen LogP contribution is -2.12. The van der Waals surface area contributed by atoms with Gasteiger partial charge in [-0.25, -0.2) is 0 Å². The summed E-state index contributed by atoms with van der Waals surface area (Å²) in [6, 6.07) is 92.1. The van der Waals surface area contributed by atoms with Gasteiger partial charge in [0, 0.05) is 33.3 Å². The van der Waals surface area contributed by atoms with Crippen LogP contribution in [-0.2, 0) is 0 Å². The largest absolute Gasteiger partial charge is 0.309 e. The van der Waals surface area contributed by atoms with Crippen molar-refractivity contribution in [3.63, 3.8) is 0 Å². The molecular weight excluding hydrogens is 845 g/mol. The van der Waals surface area contributed by atoms with Crippen LogP contribution in [0.25, 0.3) is 93.5 Å². The molecule has 2 heteroatoms. The van der Waals surface area contributed by atoms with Crippen LogP contribution < -0.4 is 4.90 Å². The zero-order valence-corrected chi connectivity index (χ0v) is 39.2. The Hall–Kier alpha value is -8.46. The van der Waals surface area contributed by atoms with Crippen LogP contribution in [0.4, 0.5) is 17.1 Å². The van der Waals surface area contributed by atoms with Crippen LogP contribution in [0.5, 0.6) is 0 Å². The summed E-state index contributed by atoms with van der Waals surface area (Å²) < 4.78 is 2.42. The molecule has 0 amide bonds. The van der Waals surface area contributed by atoms with Crippen molar-refractivity contribution in [3.8, 4) is 50.2 Å². The van der Waals surface area contributed by atoms with Crippen molar-refractivity contribution >= 4 is 60.4 Å². The van der Waals surface area contributed by atoms with Crippen molar-refractivity contribution in [3.05, 3.63) is 254 Å². The first-order chi connectivity index (χ1) is 34.8. The molecule has 1 aliphatic carbocycles. The summed E-state index contributed by atoms with van der Waals surface area (Å²) in [5, 5.41) is 7.71. The Kier molecular flexibility index (Phi) is 10.7. The predicted molar refractivity (Wildman–Crippen MR) is 298 cm³/mol. The van der Waals surface area contributed by atoms with Gasteiger partial charge >= 0.3 is 0 Å². The lowest BCUT2D eigenvalue weighted by Gasteiger charge is -2.31. The highest BCUT2D eigenvalue weighted by Crippen LogP contribution is 2.49. The number of fused-ring (bicyclic) bond motifs is 5. The molecule has 12 aromatic rings. The molecule has 1 heterocycles. The van der Waals surface area contributed by atoms with Gasteiger partial charge in [0.05, 0.1) is 22.4 Å². The smallest absolute Gasteiger partial charge is 0.0547 e. The molecule has 13 rings (SSSR count). The minimum Gasteiger partial charge on any atom is -0.309 e. The topological polar surface area (TPSA) is 8.17 Å². The molecule has 2 nitrogen and oxygen atoms in total. The maximum atomic E-state index is 2.52. The third-order valence-corrected chi connectivity index (χ3v) is 15.0. The van der Waals surface area contributed by atoms with Gasteiger partial charge in [-0.2, -0.15) is 0 Å². The van der Waals surface area contributed by atoms with Gasteiger partial charge < -0.3 is 9.47 Å². The summed E-state index contributed by atoms with van der Waals surface area (Å²) in [7, 11) is 0. The molecule has 0 saturated heterocycles. The molecule has 0 radical (unpaired) electrons. The first-order valence-corrected chi connectivity index (χ1v) is 25.0. The van der Waals surface area contributed by atoms with E-state index >= 15 is 0 Å². The first kappa shape index (κ1) is 41.7. The molecule has 1 aliphatic rings. The van der Waals surface area contributed by atoms with Crippen LogP contribution in [0.15, 0.2) is 249 Å². The van der Waals surface area contributed by atoms with Crippen molar-refractivity contribution < 1.29 is 0 Å². The molecular formula is C68H52N2. The van der Waals surface area contributed by atoms with Crippen LogP contribution in [0.2, 0.25) is 0 Å². The zero-order valence-electron chi connectivity index (χ0n) is 39.2. The van der Waals surface area contributed by atoms with E-state index < -0.39 is 0 Å². The van der Waals surface area contributed by atoms with E-state index in [1.54, 1.807) is 0 Å². The Morgan fingerprint density at radius 1 is 0.329 bits per heavy atom. The van der Waals surface area contributed by atoms with E-state index in [1.807, 2.05) is 0 Å². The van der Waals surface area contributed by atoms with Crippen molar-refractivity contribution in [2.24, 2.45) is 0 Å². The van der Waals surface area contributed by atoms with Crippen LogP contribution in [0.1, 0.15) is 43.6 Å². The second-order valence-corrected chi connectivity index (χ2v) is 19.0. The predicted octanol–water partition coefficient (Wildman–Crippen LogP) is 19.3. The highest BCUT2D eigenvalue weighted by molar-refractivity contribution is 6.17. The third kappa shape index (κ3) is 7.27. The fraction of sp³-hybridized carbons (Fsp3) is 0.0882. The minimum atomic E-state index is 0.565. The maximum Gasteiger partial charge on any atom is 0.0547 e. The second-order valence-electron chi connectivity index (χ2n) is 19.0. The highest BCUT2D eigenvalue weighted by atomic mass is 15.1. The van der Waals surface area contributed by atoms with Crippen molar-refractivity contribution in [2.75, 3.05) is 4.90 Å². The van der Waals surface area contributed by atoms with E-state index in [0.29, 0.717) is 5.92 Å². The third-order valence-electron chi connectivity index (χ3n) is 15.0. The molecule has 0 unspecified atom stereocenters. The molecule has 334 valence electrons. The Morgan fingerprint density at radius 3 is 1.56 bits per heavy atom. The number of hydrogen-bond donors (Lipinski definition) is 0.